The van der Waals surface area contributed by atoms with E-state index in [0.29, 0.717) is 6.54 Å². The topological polar surface area (TPSA) is 43.8 Å². The highest BCUT2D eigenvalue weighted by Crippen LogP contribution is 2.33. The minimum Gasteiger partial charge on any atom is -0.325 e. The zero-order valence-electron chi connectivity index (χ0n) is 12.2. The van der Waals surface area contributed by atoms with Gasteiger partial charge in [-0.15, -0.1) is 0 Å². The average Bonchev–Trinajstić information content (AvgIpc) is 2.89. The van der Waals surface area contributed by atoms with E-state index in [0.717, 1.165) is 17.2 Å². The maximum Gasteiger partial charge on any atom is 0.0594 e. The van der Waals surface area contributed by atoms with Crippen molar-refractivity contribution in [2.24, 2.45) is 12.8 Å². The maximum absolute atomic E-state index is 5.82. The van der Waals surface area contributed by atoms with Crippen LogP contribution in [-0.4, -0.2) is 9.78 Å². The molecule has 3 rings (SSSR count). The van der Waals surface area contributed by atoms with E-state index >= 15 is 0 Å². The Morgan fingerprint density at radius 3 is 2.50 bits per heavy atom. The van der Waals surface area contributed by atoms with Gasteiger partial charge in [-0.3, -0.25) is 4.68 Å². The molecule has 0 radical (unpaired) electrons. The van der Waals surface area contributed by atoms with E-state index in [4.69, 9.17) is 5.73 Å². The van der Waals surface area contributed by atoms with Crippen LogP contribution in [0.4, 0.5) is 0 Å². The minimum atomic E-state index is 0.524. The van der Waals surface area contributed by atoms with Gasteiger partial charge >= 0.3 is 0 Å². The molecular weight excluding hydrogens is 246 g/mol. The Morgan fingerprint density at radius 2 is 1.85 bits per heavy atom. The lowest BCUT2D eigenvalue weighted by atomic mass is 9.84. The van der Waals surface area contributed by atoms with E-state index in [1.807, 2.05) is 17.9 Å². The zero-order chi connectivity index (χ0) is 13.9. The number of hydrogen-bond acceptors (Lipinski definition) is 2. The Morgan fingerprint density at radius 1 is 1.15 bits per heavy atom. The summed E-state index contributed by atoms with van der Waals surface area (Å²) in [7, 11) is 1.95. The smallest absolute Gasteiger partial charge is 0.0594 e. The van der Waals surface area contributed by atoms with Crippen molar-refractivity contribution in [2.45, 2.75) is 44.6 Å². The molecule has 1 aromatic heterocycles. The van der Waals surface area contributed by atoms with Crippen molar-refractivity contribution in [3.8, 4) is 11.1 Å². The summed E-state index contributed by atoms with van der Waals surface area (Å²) < 4.78 is 1.87. The molecule has 0 amide bonds. The predicted molar refractivity (Wildman–Crippen MR) is 82.4 cm³/mol. The van der Waals surface area contributed by atoms with Crippen LogP contribution in [0.2, 0.25) is 0 Å². The highest BCUT2D eigenvalue weighted by molar-refractivity contribution is 5.65. The lowest BCUT2D eigenvalue weighted by Crippen LogP contribution is -2.06. The van der Waals surface area contributed by atoms with Crippen LogP contribution in [0.25, 0.3) is 11.1 Å². The number of rotatable bonds is 3. The van der Waals surface area contributed by atoms with Gasteiger partial charge in [-0.05, 0) is 29.9 Å². The van der Waals surface area contributed by atoms with Crippen molar-refractivity contribution >= 4 is 0 Å². The summed E-state index contributed by atoms with van der Waals surface area (Å²) in [5.74, 6) is 0.765. The number of benzene rings is 1. The van der Waals surface area contributed by atoms with Gasteiger partial charge in [-0.1, -0.05) is 43.5 Å². The summed E-state index contributed by atoms with van der Waals surface area (Å²) in [6, 6.07) is 9.03. The number of aryl methyl sites for hydroxylation is 1. The van der Waals surface area contributed by atoms with Gasteiger partial charge < -0.3 is 5.73 Å². The van der Waals surface area contributed by atoms with Gasteiger partial charge in [-0.25, -0.2) is 0 Å². The summed E-state index contributed by atoms with van der Waals surface area (Å²) >= 11 is 0. The molecule has 20 heavy (non-hydrogen) atoms. The molecular formula is C17H23N3. The summed E-state index contributed by atoms with van der Waals surface area (Å²) in [5.41, 5.74) is 10.8. The molecule has 3 heteroatoms. The summed E-state index contributed by atoms with van der Waals surface area (Å²) in [4.78, 5) is 0. The van der Waals surface area contributed by atoms with Crippen LogP contribution >= 0.6 is 0 Å². The standard InChI is InChI=1S/C17H23N3/c1-20-17(11-18)16(12-19-20)15-9-7-14(8-10-15)13-5-3-2-4-6-13/h7-10,12-13H,2-6,11,18H2,1H3. The van der Waals surface area contributed by atoms with E-state index in [2.05, 4.69) is 29.4 Å². The van der Waals surface area contributed by atoms with Crippen LogP contribution in [0.5, 0.6) is 0 Å². The summed E-state index contributed by atoms with van der Waals surface area (Å²) in [6.07, 6.45) is 8.78. The predicted octanol–water partition coefficient (Wildman–Crippen LogP) is 3.59. The maximum atomic E-state index is 5.82. The first-order valence-electron chi connectivity index (χ1n) is 7.61. The molecule has 1 saturated carbocycles. The average molecular weight is 269 g/mol. The Labute approximate surface area is 120 Å². The van der Waals surface area contributed by atoms with E-state index in [9.17, 15) is 0 Å². The van der Waals surface area contributed by atoms with Crippen LogP contribution in [0.3, 0.4) is 0 Å². The highest BCUT2D eigenvalue weighted by Gasteiger charge is 2.16. The molecule has 1 aliphatic carbocycles. The molecule has 0 atom stereocenters. The van der Waals surface area contributed by atoms with Crippen LogP contribution in [0.15, 0.2) is 30.5 Å². The Bertz CT molecular complexity index is 562. The Balaban J connectivity index is 1.85. The fourth-order valence-electron chi connectivity index (χ4n) is 3.32. The fourth-order valence-corrected chi connectivity index (χ4v) is 3.32. The normalized spacial score (nSPS) is 16.5. The third-order valence-electron chi connectivity index (χ3n) is 4.55. The molecule has 2 N–H and O–H groups in total. The van der Waals surface area contributed by atoms with E-state index in [1.54, 1.807) is 0 Å². The third-order valence-corrected chi connectivity index (χ3v) is 4.55. The molecule has 0 spiro atoms. The third kappa shape index (κ3) is 2.50. The SMILES string of the molecule is Cn1ncc(-c2ccc(C3CCCCC3)cc2)c1CN. The minimum absolute atomic E-state index is 0.524. The first kappa shape index (κ1) is 13.4. The number of hydrogen-bond donors (Lipinski definition) is 1. The van der Waals surface area contributed by atoms with Crippen molar-refractivity contribution < 1.29 is 0 Å². The fraction of sp³-hybridized carbons (Fsp3) is 0.471. The second-order valence-electron chi connectivity index (χ2n) is 5.79. The van der Waals surface area contributed by atoms with Gasteiger partial charge in [-0.2, -0.15) is 5.10 Å². The highest BCUT2D eigenvalue weighted by atomic mass is 15.3. The molecule has 2 aromatic rings. The van der Waals surface area contributed by atoms with E-state index in [1.165, 1.54) is 43.2 Å². The first-order valence-corrected chi connectivity index (χ1v) is 7.61. The van der Waals surface area contributed by atoms with Crippen LogP contribution in [-0.2, 0) is 13.6 Å². The van der Waals surface area contributed by atoms with Crippen molar-refractivity contribution in [2.75, 3.05) is 0 Å². The first-order chi connectivity index (χ1) is 9.79. The van der Waals surface area contributed by atoms with Gasteiger partial charge in [0.1, 0.15) is 0 Å². The molecule has 0 unspecified atom stereocenters. The van der Waals surface area contributed by atoms with E-state index < -0.39 is 0 Å². The van der Waals surface area contributed by atoms with Gasteiger partial charge in [0.05, 0.1) is 11.9 Å². The molecule has 0 aliphatic heterocycles. The number of nitrogens with two attached hydrogens (primary N) is 1. The van der Waals surface area contributed by atoms with Crippen molar-refractivity contribution in [3.63, 3.8) is 0 Å². The lowest BCUT2D eigenvalue weighted by molar-refractivity contribution is 0.443. The zero-order valence-corrected chi connectivity index (χ0v) is 12.2. The molecule has 106 valence electrons. The molecule has 1 heterocycles. The van der Waals surface area contributed by atoms with Crippen LogP contribution in [0, 0.1) is 0 Å². The van der Waals surface area contributed by atoms with Crippen molar-refractivity contribution in [1.82, 2.24) is 9.78 Å². The largest absolute Gasteiger partial charge is 0.325 e. The summed E-state index contributed by atoms with van der Waals surface area (Å²) in [5, 5.41) is 4.31. The molecule has 0 saturated heterocycles. The molecule has 1 fully saturated rings. The molecule has 1 aromatic carbocycles. The van der Waals surface area contributed by atoms with E-state index in [-0.39, 0.29) is 0 Å². The Kier molecular flexibility index (Phi) is 3.88. The van der Waals surface area contributed by atoms with Gasteiger partial charge in [0.25, 0.3) is 0 Å². The van der Waals surface area contributed by atoms with Gasteiger partial charge in [0.15, 0.2) is 0 Å². The Hall–Kier alpha value is -1.61. The molecule has 3 nitrogen and oxygen atoms in total. The monoisotopic (exact) mass is 269 g/mol. The second-order valence-corrected chi connectivity index (χ2v) is 5.79. The van der Waals surface area contributed by atoms with Gasteiger partial charge in [0, 0.05) is 19.2 Å². The quantitative estimate of drug-likeness (QED) is 0.925. The van der Waals surface area contributed by atoms with Crippen LogP contribution in [0.1, 0.15) is 49.3 Å². The van der Waals surface area contributed by atoms with Crippen LogP contribution < -0.4 is 5.73 Å². The number of aromatic nitrogens is 2. The summed E-state index contributed by atoms with van der Waals surface area (Å²) in [6.45, 7) is 0.524. The second kappa shape index (κ2) is 5.80. The van der Waals surface area contributed by atoms with Crippen molar-refractivity contribution in [3.05, 3.63) is 41.7 Å². The molecule has 0 bridgehead atoms. The lowest BCUT2D eigenvalue weighted by Gasteiger charge is -2.22. The van der Waals surface area contributed by atoms with Gasteiger partial charge in [0.2, 0.25) is 0 Å². The molecule has 1 aliphatic rings. The van der Waals surface area contributed by atoms with Crippen molar-refractivity contribution in [1.29, 1.82) is 0 Å². The number of nitrogens with zero attached hydrogens (tertiary/aromatic N) is 2.